The molecule has 1 aliphatic heterocycles. The molecule has 0 aliphatic carbocycles. The van der Waals surface area contributed by atoms with Crippen LogP contribution in [0.2, 0.25) is 5.02 Å². The summed E-state index contributed by atoms with van der Waals surface area (Å²) in [5.41, 5.74) is 1.18. The van der Waals surface area contributed by atoms with Gasteiger partial charge in [0.25, 0.3) is 11.6 Å². The Morgan fingerprint density at radius 1 is 1.23 bits per heavy atom. The Morgan fingerprint density at radius 2 is 1.97 bits per heavy atom. The van der Waals surface area contributed by atoms with Gasteiger partial charge in [0.05, 0.1) is 21.9 Å². The molecule has 1 amide bonds. The van der Waals surface area contributed by atoms with Crippen molar-refractivity contribution in [2.75, 3.05) is 27.2 Å². The summed E-state index contributed by atoms with van der Waals surface area (Å²) in [4.78, 5) is 41.0. The fraction of sp³-hybridized carbons (Fsp3) is 0.273. The SMILES string of the molecule is Cc1cc2oc3c(c(=O)c2cc1Cl)C(c1cccc([N+](=O)[O-])c1)N(CCN(C)C)C3=O. The number of halogens is 1. The maximum Gasteiger partial charge on any atom is 0.290 e. The van der Waals surface area contributed by atoms with Gasteiger partial charge in [-0.25, -0.2) is 0 Å². The van der Waals surface area contributed by atoms with Crippen molar-refractivity contribution in [1.82, 2.24) is 9.80 Å². The van der Waals surface area contributed by atoms with Gasteiger partial charge in [0, 0.05) is 30.2 Å². The fourth-order valence-corrected chi connectivity index (χ4v) is 4.00. The number of non-ortho nitro benzene ring substituents is 1. The van der Waals surface area contributed by atoms with Crippen molar-refractivity contribution in [3.63, 3.8) is 0 Å². The molecule has 2 aromatic carbocycles. The summed E-state index contributed by atoms with van der Waals surface area (Å²) in [6, 6.07) is 8.37. The molecule has 1 aliphatic rings. The number of nitro groups is 1. The normalized spacial score (nSPS) is 15.7. The van der Waals surface area contributed by atoms with Gasteiger partial charge in [-0.05, 0) is 44.3 Å². The topological polar surface area (TPSA) is 96.9 Å². The van der Waals surface area contributed by atoms with Crippen molar-refractivity contribution in [2.45, 2.75) is 13.0 Å². The van der Waals surface area contributed by atoms with Crippen LogP contribution in [0.4, 0.5) is 5.69 Å². The molecule has 0 N–H and O–H groups in total. The summed E-state index contributed by atoms with van der Waals surface area (Å²) in [5.74, 6) is -0.450. The van der Waals surface area contributed by atoms with Gasteiger partial charge in [-0.1, -0.05) is 23.7 Å². The van der Waals surface area contributed by atoms with Gasteiger partial charge in [0.2, 0.25) is 5.76 Å². The smallest absolute Gasteiger partial charge is 0.290 e. The van der Waals surface area contributed by atoms with E-state index in [0.717, 1.165) is 5.56 Å². The van der Waals surface area contributed by atoms with Gasteiger partial charge in [0.15, 0.2) is 5.43 Å². The van der Waals surface area contributed by atoms with Crippen molar-refractivity contribution in [3.05, 3.63) is 84.2 Å². The van der Waals surface area contributed by atoms with Crippen LogP contribution in [-0.4, -0.2) is 47.8 Å². The molecule has 2 heterocycles. The van der Waals surface area contributed by atoms with Gasteiger partial charge in [0.1, 0.15) is 5.58 Å². The van der Waals surface area contributed by atoms with E-state index in [1.165, 1.54) is 23.1 Å². The molecule has 0 saturated carbocycles. The monoisotopic (exact) mass is 441 g/mol. The minimum atomic E-state index is -0.789. The third kappa shape index (κ3) is 3.58. The van der Waals surface area contributed by atoms with E-state index in [2.05, 4.69) is 0 Å². The Balaban J connectivity index is 1.97. The molecule has 9 heteroatoms. The number of amides is 1. The Kier molecular flexibility index (Phi) is 5.28. The molecular formula is C22H20ClN3O5. The summed E-state index contributed by atoms with van der Waals surface area (Å²) >= 11 is 6.22. The predicted octanol–water partition coefficient (Wildman–Crippen LogP) is 3.77. The van der Waals surface area contributed by atoms with Gasteiger partial charge < -0.3 is 14.2 Å². The van der Waals surface area contributed by atoms with Gasteiger partial charge in [-0.15, -0.1) is 0 Å². The van der Waals surface area contributed by atoms with Crippen LogP contribution in [0.5, 0.6) is 0 Å². The van der Waals surface area contributed by atoms with Crippen LogP contribution in [-0.2, 0) is 0 Å². The first-order valence-electron chi connectivity index (χ1n) is 9.66. The van der Waals surface area contributed by atoms with Crippen LogP contribution >= 0.6 is 11.6 Å². The van der Waals surface area contributed by atoms with Crippen molar-refractivity contribution in [1.29, 1.82) is 0 Å². The van der Waals surface area contributed by atoms with E-state index in [-0.39, 0.29) is 33.4 Å². The molecule has 0 radical (unpaired) electrons. The number of carbonyl (C=O) groups is 1. The average Bonchev–Trinajstić information content (AvgIpc) is 3.00. The number of nitro benzene ring substituents is 1. The fourth-order valence-electron chi connectivity index (χ4n) is 3.83. The Morgan fingerprint density at radius 3 is 2.65 bits per heavy atom. The zero-order chi connectivity index (χ0) is 22.4. The summed E-state index contributed by atoms with van der Waals surface area (Å²) in [6.45, 7) is 2.65. The van der Waals surface area contributed by atoms with Crippen LogP contribution in [0, 0.1) is 17.0 Å². The van der Waals surface area contributed by atoms with Crippen LogP contribution < -0.4 is 5.43 Å². The van der Waals surface area contributed by atoms with Crippen molar-refractivity contribution < 1.29 is 14.1 Å². The van der Waals surface area contributed by atoms with Gasteiger partial charge in [-0.3, -0.25) is 19.7 Å². The third-order valence-corrected chi connectivity index (χ3v) is 5.84. The molecule has 160 valence electrons. The first kappa shape index (κ1) is 21.0. The number of benzene rings is 2. The van der Waals surface area contributed by atoms with Crippen molar-refractivity contribution in [2.24, 2.45) is 0 Å². The lowest BCUT2D eigenvalue weighted by Crippen LogP contribution is -2.35. The molecule has 4 rings (SSSR count). The minimum absolute atomic E-state index is 0.0329. The van der Waals surface area contributed by atoms with Crippen LogP contribution in [0.25, 0.3) is 11.0 Å². The van der Waals surface area contributed by atoms with Crippen molar-refractivity contribution >= 4 is 34.2 Å². The number of nitrogens with zero attached hydrogens (tertiary/aromatic N) is 3. The zero-order valence-corrected chi connectivity index (χ0v) is 18.0. The van der Waals surface area contributed by atoms with E-state index in [4.69, 9.17) is 16.0 Å². The van der Waals surface area contributed by atoms with E-state index < -0.39 is 16.9 Å². The predicted molar refractivity (Wildman–Crippen MR) is 117 cm³/mol. The molecule has 0 saturated heterocycles. The standard InChI is InChI=1S/C22H20ClN3O5/c1-12-9-17-15(11-16(12)23)20(27)18-19(13-5-4-6-14(10-13)26(29)30)25(8-7-24(2)3)22(28)21(18)31-17/h4-6,9-11,19H,7-8H2,1-3H3. The Labute approximate surface area is 182 Å². The Hall–Kier alpha value is -3.23. The molecular weight excluding hydrogens is 422 g/mol. The maximum absolute atomic E-state index is 13.5. The number of fused-ring (bicyclic) bond motifs is 2. The first-order chi connectivity index (χ1) is 14.7. The summed E-state index contributed by atoms with van der Waals surface area (Å²) in [7, 11) is 3.75. The number of hydrogen-bond donors (Lipinski definition) is 0. The quantitative estimate of drug-likeness (QED) is 0.441. The number of rotatable bonds is 5. The lowest BCUT2D eigenvalue weighted by Gasteiger charge is -2.26. The maximum atomic E-state index is 13.5. The van der Waals surface area contributed by atoms with E-state index >= 15 is 0 Å². The Bertz CT molecular complexity index is 1280. The highest BCUT2D eigenvalue weighted by atomic mass is 35.5. The third-order valence-electron chi connectivity index (χ3n) is 5.43. The van der Waals surface area contributed by atoms with E-state index in [1.807, 2.05) is 19.0 Å². The number of likely N-dealkylation sites (N-methyl/N-ethyl adjacent to an activating group) is 1. The molecule has 0 spiro atoms. The highest BCUT2D eigenvalue weighted by molar-refractivity contribution is 6.32. The summed E-state index contributed by atoms with van der Waals surface area (Å²) < 4.78 is 5.90. The largest absolute Gasteiger partial charge is 0.450 e. The number of carbonyl (C=O) groups excluding carboxylic acids is 1. The number of aryl methyl sites for hydroxylation is 1. The van der Waals surface area contributed by atoms with Crippen LogP contribution in [0.15, 0.2) is 45.6 Å². The second-order valence-corrected chi connectivity index (χ2v) is 8.24. The van der Waals surface area contributed by atoms with E-state index in [0.29, 0.717) is 23.7 Å². The first-order valence-corrected chi connectivity index (χ1v) is 10.0. The second-order valence-electron chi connectivity index (χ2n) is 7.83. The molecule has 0 bridgehead atoms. The molecule has 1 unspecified atom stereocenters. The van der Waals surface area contributed by atoms with E-state index in [9.17, 15) is 19.7 Å². The van der Waals surface area contributed by atoms with Gasteiger partial charge >= 0.3 is 0 Å². The highest BCUT2D eigenvalue weighted by Gasteiger charge is 2.43. The highest BCUT2D eigenvalue weighted by Crippen LogP contribution is 2.39. The summed E-state index contributed by atoms with van der Waals surface area (Å²) in [5, 5.41) is 12.0. The number of hydrogen-bond acceptors (Lipinski definition) is 6. The van der Waals surface area contributed by atoms with E-state index in [1.54, 1.807) is 25.1 Å². The minimum Gasteiger partial charge on any atom is -0.450 e. The van der Waals surface area contributed by atoms with Crippen LogP contribution in [0.1, 0.15) is 33.3 Å². The molecule has 1 atom stereocenters. The second kappa shape index (κ2) is 7.79. The molecule has 0 fully saturated rings. The summed E-state index contributed by atoms with van der Waals surface area (Å²) in [6.07, 6.45) is 0. The van der Waals surface area contributed by atoms with Crippen molar-refractivity contribution in [3.8, 4) is 0 Å². The average molecular weight is 442 g/mol. The molecule has 3 aromatic rings. The lowest BCUT2D eigenvalue weighted by molar-refractivity contribution is -0.384. The molecule has 8 nitrogen and oxygen atoms in total. The van der Waals surface area contributed by atoms with Gasteiger partial charge in [-0.2, -0.15) is 0 Å². The zero-order valence-electron chi connectivity index (χ0n) is 17.2. The lowest BCUT2D eigenvalue weighted by atomic mass is 9.98. The molecule has 1 aromatic heterocycles. The van der Waals surface area contributed by atoms with Crippen LogP contribution in [0.3, 0.4) is 0 Å². The molecule has 31 heavy (non-hydrogen) atoms.